The first-order chi connectivity index (χ1) is 6.29. The van der Waals surface area contributed by atoms with E-state index in [1.165, 1.54) is 28.9 Å². The first-order valence-corrected chi connectivity index (χ1v) is 5.33. The molecule has 0 radical (unpaired) electrons. The number of aldehydes is 1. The summed E-state index contributed by atoms with van der Waals surface area (Å²) >= 11 is 8.37. The van der Waals surface area contributed by atoms with Gasteiger partial charge in [-0.3, -0.25) is 4.79 Å². The molecule has 13 heavy (non-hydrogen) atoms. The second-order valence-electron chi connectivity index (χ2n) is 2.16. The van der Waals surface area contributed by atoms with E-state index in [9.17, 15) is 4.79 Å². The van der Waals surface area contributed by atoms with Crippen molar-refractivity contribution in [3.05, 3.63) is 21.6 Å². The predicted octanol–water partition coefficient (Wildman–Crippen LogP) is 2.73. The van der Waals surface area contributed by atoms with E-state index in [4.69, 9.17) is 11.6 Å². The molecule has 2 aromatic heterocycles. The standard InChI is InChI=1S/C7H3ClN2OS2/c8-5-2-10-7(13-5)6-9-1-4(3-11)12-6/h1-3H. The van der Waals surface area contributed by atoms with Crippen LogP contribution in [0.25, 0.3) is 10.0 Å². The Morgan fingerprint density at radius 3 is 2.46 bits per heavy atom. The van der Waals surface area contributed by atoms with Gasteiger partial charge in [-0.15, -0.1) is 11.3 Å². The monoisotopic (exact) mass is 230 g/mol. The van der Waals surface area contributed by atoms with Gasteiger partial charge in [0.1, 0.15) is 4.34 Å². The van der Waals surface area contributed by atoms with Crippen LogP contribution in [0, 0.1) is 0 Å². The molecule has 0 fully saturated rings. The third-order valence-corrected chi connectivity index (χ3v) is 3.48. The molecule has 0 aliphatic carbocycles. The molecule has 0 atom stereocenters. The summed E-state index contributed by atoms with van der Waals surface area (Å²) in [6, 6.07) is 0. The zero-order valence-electron chi connectivity index (χ0n) is 6.23. The predicted molar refractivity (Wildman–Crippen MR) is 53.6 cm³/mol. The molecule has 0 aliphatic heterocycles. The minimum absolute atomic E-state index is 0.598. The Balaban J connectivity index is 2.40. The van der Waals surface area contributed by atoms with E-state index < -0.39 is 0 Å². The van der Waals surface area contributed by atoms with Gasteiger partial charge >= 0.3 is 0 Å². The zero-order chi connectivity index (χ0) is 9.26. The molecular formula is C7H3ClN2OS2. The average Bonchev–Trinajstić information content (AvgIpc) is 2.71. The number of hydrogen-bond donors (Lipinski definition) is 0. The van der Waals surface area contributed by atoms with Crippen molar-refractivity contribution in [1.82, 2.24) is 9.97 Å². The van der Waals surface area contributed by atoms with Crippen LogP contribution >= 0.6 is 34.3 Å². The largest absolute Gasteiger partial charge is 0.297 e. The molecule has 0 amide bonds. The number of rotatable bonds is 2. The Morgan fingerprint density at radius 1 is 1.23 bits per heavy atom. The van der Waals surface area contributed by atoms with Crippen molar-refractivity contribution in [2.45, 2.75) is 0 Å². The first kappa shape index (κ1) is 8.80. The smallest absolute Gasteiger partial charge is 0.161 e. The fourth-order valence-corrected chi connectivity index (χ4v) is 2.47. The van der Waals surface area contributed by atoms with Crippen molar-refractivity contribution in [3.63, 3.8) is 0 Å². The highest BCUT2D eigenvalue weighted by atomic mass is 35.5. The van der Waals surface area contributed by atoms with Crippen LogP contribution < -0.4 is 0 Å². The van der Waals surface area contributed by atoms with Gasteiger partial charge in [0, 0.05) is 6.20 Å². The van der Waals surface area contributed by atoms with E-state index >= 15 is 0 Å². The lowest BCUT2D eigenvalue weighted by Gasteiger charge is -1.82. The Hall–Kier alpha value is -0.780. The third kappa shape index (κ3) is 1.77. The molecule has 0 unspecified atom stereocenters. The number of hydrogen-bond acceptors (Lipinski definition) is 5. The molecule has 0 bridgehead atoms. The van der Waals surface area contributed by atoms with Gasteiger partial charge < -0.3 is 0 Å². The molecule has 2 heterocycles. The van der Waals surface area contributed by atoms with Crippen molar-refractivity contribution < 1.29 is 4.79 Å². The van der Waals surface area contributed by atoms with Crippen LogP contribution in [0.5, 0.6) is 0 Å². The van der Waals surface area contributed by atoms with Crippen LogP contribution in [0.1, 0.15) is 9.67 Å². The van der Waals surface area contributed by atoms with Gasteiger partial charge in [0.15, 0.2) is 16.3 Å². The summed E-state index contributed by atoms with van der Waals surface area (Å²) in [6.07, 6.45) is 3.88. The van der Waals surface area contributed by atoms with Gasteiger partial charge in [-0.2, -0.15) is 0 Å². The molecule has 3 nitrogen and oxygen atoms in total. The zero-order valence-corrected chi connectivity index (χ0v) is 8.62. The highest BCUT2D eigenvalue weighted by Crippen LogP contribution is 2.30. The van der Waals surface area contributed by atoms with E-state index in [1.54, 1.807) is 6.20 Å². The van der Waals surface area contributed by atoms with Gasteiger partial charge in [-0.05, 0) is 0 Å². The molecule has 2 aromatic rings. The van der Waals surface area contributed by atoms with Gasteiger partial charge in [0.05, 0.1) is 11.1 Å². The van der Waals surface area contributed by atoms with Crippen LogP contribution in [0.2, 0.25) is 4.34 Å². The molecular weight excluding hydrogens is 228 g/mol. The summed E-state index contributed by atoms with van der Waals surface area (Å²) < 4.78 is 0.623. The highest BCUT2D eigenvalue weighted by Gasteiger charge is 2.07. The molecule has 0 aliphatic rings. The molecule has 0 aromatic carbocycles. The topological polar surface area (TPSA) is 42.9 Å². The van der Waals surface area contributed by atoms with Crippen LogP contribution in [-0.2, 0) is 0 Å². The minimum atomic E-state index is 0.598. The van der Waals surface area contributed by atoms with E-state index in [2.05, 4.69) is 9.97 Å². The summed E-state index contributed by atoms with van der Waals surface area (Å²) in [6.45, 7) is 0. The van der Waals surface area contributed by atoms with Crippen LogP contribution in [-0.4, -0.2) is 16.3 Å². The quantitative estimate of drug-likeness (QED) is 0.745. The lowest BCUT2D eigenvalue weighted by atomic mass is 10.6. The summed E-state index contributed by atoms with van der Waals surface area (Å²) in [7, 11) is 0. The number of carbonyl (C=O) groups is 1. The number of aromatic nitrogens is 2. The van der Waals surface area contributed by atoms with Gasteiger partial charge in [-0.25, -0.2) is 9.97 Å². The maximum absolute atomic E-state index is 10.4. The van der Waals surface area contributed by atoms with Crippen LogP contribution in [0.15, 0.2) is 12.4 Å². The average molecular weight is 231 g/mol. The molecule has 0 saturated carbocycles. The Bertz CT molecular complexity index is 437. The molecule has 2 rings (SSSR count). The number of halogens is 1. The lowest BCUT2D eigenvalue weighted by molar-refractivity contribution is 0.112. The molecule has 66 valence electrons. The summed E-state index contributed by atoms with van der Waals surface area (Å²) in [5.41, 5.74) is 0. The minimum Gasteiger partial charge on any atom is -0.297 e. The first-order valence-electron chi connectivity index (χ1n) is 3.32. The second kappa shape index (κ2) is 3.53. The number of nitrogens with zero attached hydrogens (tertiary/aromatic N) is 2. The lowest BCUT2D eigenvalue weighted by Crippen LogP contribution is -1.68. The van der Waals surface area contributed by atoms with Crippen molar-refractivity contribution in [3.8, 4) is 10.0 Å². The SMILES string of the molecule is O=Cc1cnc(-c2ncc(Cl)s2)s1. The van der Waals surface area contributed by atoms with Crippen molar-refractivity contribution >= 4 is 40.6 Å². The summed E-state index contributed by atoms with van der Waals surface area (Å²) in [4.78, 5) is 19.1. The molecule has 0 saturated heterocycles. The number of thiazole rings is 2. The fourth-order valence-electron chi connectivity index (χ4n) is 0.793. The second-order valence-corrected chi connectivity index (χ2v) is 4.88. The van der Waals surface area contributed by atoms with Crippen LogP contribution in [0.4, 0.5) is 0 Å². The Morgan fingerprint density at radius 2 is 1.92 bits per heavy atom. The summed E-state index contributed by atoms with van der Waals surface area (Å²) in [5.74, 6) is 0. The van der Waals surface area contributed by atoms with Crippen LogP contribution in [0.3, 0.4) is 0 Å². The fraction of sp³-hybridized carbons (Fsp3) is 0. The van der Waals surface area contributed by atoms with Gasteiger partial charge in [0.25, 0.3) is 0 Å². The molecule has 0 N–H and O–H groups in total. The van der Waals surface area contributed by atoms with Crippen molar-refractivity contribution in [2.75, 3.05) is 0 Å². The molecule has 6 heteroatoms. The highest BCUT2D eigenvalue weighted by molar-refractivity contribution is 7.24. The third-order valence-electron chi connectivity index (χ3n) is 1.30. The normalized spacial score (nSPS) is 10.2. The van der Waals surface area contributed by atoms with Crippen molar-refractivity contribution in [1.29, 1.82) is 0 Å². The van der Waals surface area contributed by atoms with Gasteiger partial charge in [-0.1, -0.05) is 22.9 Å². The maximum atomic E-state index is 10.4. The Kier molecular flexibility index (Phi) is 2.39. The van der Waals surface area contributed by atoms with E-state index in [-0.39, 0.29) is 0 Å². The summed E-state index contributed by atoms with van der Waals surface area (Å²) in [5, 5.41) is 1.49. The number of carbonyl (C=O) groups excluding carboxylic acids is 1. The van der Waals surface area contributed by atoms with E-state index in [0.717, 1.165) is 16.3 Å². The van der Waals surface area contributed by atoms with Crippen molar-refractivity contribution in [2.24, 2.45) is 0 Å². The molecule has 0 spiro atoms. The maximum Gasteiger partial charge on any atom is 0.161 e. The van der Waals surface area contributed by atoms with E-state index in [1.807, 2.05) is 0 Å². The Labute approximate surface area is 87.0 Å². The van der Waals surface area contributed by atoms with E-state index in [0.29, 0.717) is 9.21 Å². The van der Waals surface area contributed by atoms with Gasteiger partial charge in [0.2, 0.25) is 0 Å².